The highest BCUT2D eigenvalue weighted by molar-refractivity contribution is 5.72. The summed E-state index contributed by atoms with van der Waals surface area (Å²) in [5.74, 6) is 0.0268. The quantitative estimate of drug-likeness (QED) is 0.803. The maximum Gasteiger partial charge on any atom is 0.217 e. The predicted molar refractivity (Wildman–Crippen MR) is 62.7 cm³/mol. The molecule has 0 saturated carbocycles. The molecule has 1 N–H and O–H groups in total. The van der Waals surface area contributed by atoms with E-state index in [2.05, 4.69) is 37.4 Å². The third-order valence-electron chi connectivity index (χ3n) is 2.59. The normalized spacial score (nSPS) is 10.1. The van der Waals surface area contributed by atoms with Crippen LogP contribution in [0.25, 0.3) is 0 Å². The smallest absolute Gasteiger partial charge is 0.217 e. The molecule has 0 radical (unpaired) electrons. The van der Waals surface area contributed by atoms with Crippen LogP contribution in [0, 0.1) is 0 Å². The Kier molecular flexibility index (Phi) is 4.35. The number of carbonyl (C=O) groups excluding carboxylic acids is 1. The van der Waals surface area contributed by atoms with Gasteiger partial charge < -0.3 is 5.32 Å². The lowest BCUT2D eigenvalue weighted by molar-refractivity contribution is -0.119. The van der Waals surface area contributed by atoms with Crippen molar-refractivity contribution >= 4 is 5.91 Å². The first-order valence-corrected chi connectivity index (χ1v) is 5.52. The molecule has 15 heavy (non-hydrogen) atoms. The first-order chi connectivity index (χ1) is 7.17. The molecule has 0 saturated heterocycles. The van der Waals surface area contributed by atoms with E-state index in [0.717, 1.165) is 12.8 Å². The van der Waals surface area contributed by atoms with Crippen LogP contribution in [0.15, 0.2) is 18.2 Å². The van der Waals surface area contributed by atoms with Gasteiger partial charge in [-0.05, 0) is 29.5 Å². The Balaban J connectivity index is 2.85. The molecule has 2 nitrogen and oxygen atoms in total. The second-order valence-electron chi connectivity index (χ2n) is 3.72. The Hall–Kier alpha value is -1.31. The lowest BCUT2D eigenvalue weighted by Crippen LogP contribution is -2.19. The molecule has 0 aliphatic heterocycles. The van der Waals surface area contributed by atoms with Gasteiger partial charge in [-0.3, -0.25) is 4.79 Å². The molecule has 82 valence electrons. The molecule has 0 spiro atoms. The SMILES string of the molecule is CCc1ccc(CC)c(CNC(C)=O)c1. The standard InChI is InChI=1S/C13H19NO/c1-4-11-6-7-12(5-2)13(8-11)9-14-10(3)15/h6-8H,4-5,9H2,1-3H3,(H,14,15). The van der Waals surface area contributed by atoms with E-state index in [-0.39, 0.29) is 5.91 Å². The third kappa shape index (κ3) is 3.39. The van der Waals surface area contributed by atoms with Gasteiger partial charge in [0.2, 0.25) is 5.91 Å². The minimum Gasteiger partial charge on any atom is -0.352 e. The van der Waals surface area contributed by atoms with E-state index in [1.54, 1.807) is 6.92 Å². The molecule has 0 bridgehead atoms. The zero-order valence-electron chi connectivity index (χ0n) is 9.76. The molecule has 0 fully saturated rings. The van der Waals surface area contributed by atoms with Gasteiger partial charge in [-0.15, -0.1) is 0 Å². The summed E-state index contributed by atoms with van der Waals surface area (Å²) in [7, 11) is 0. The van der Waals surface area contributed by atoms with Gasteiger partial charge in [0.05, 0.1) is 0 Å². The predicted octanol–water partition coefficient (Wildman–Crippen LogP) is 2.45. The van der Waals surface area contributed by atoms with Crippen LogP contribution in [0.1, 0.15) is 37.5 Å². The van der Waals surface area contributed by atoms with E-state index in [9.17, 15) is 4.79 Å². The van der Waals surface area contributed by atoms with Crippen molar-refractivity contribution in [1.29, 1.82) is 0 Å². The summed E-state index contributed by atoms with van der Waals surface area (Å²) >= 11 is 0. The largest absolute Gasteiger partial charge is 0.352 e. The Bertz CT molecular complexity index is 344. The molecule has 0 aromatic heterocycles. The fraction of sp³-hybridized carbons (Fsp3) is 0.462. The molecule has 1 rings (SSSR count). The average molecular weight is 205 g/mol. The van der Waals surface area contributed by atoms with Crippen molar-refractivity contribution in [3.05, 3.63) is 34.9 Å². The minimum absolute atomic E-state index is 0.0268. The second-order valence-corrected chi connectivity index (χ2v) is 3.72. The molecule has 0 aliphatic carbocycles. The number of amides is 1. The average Bonchev–Trinajstić information content (AvgIpc) is 2.25. The molecule has 0 atom stereocenters. The van der Waals surface area contributed by atoms with E-state index in [1.165, 1.54) is 16.7 Å². The molecule has 0 heterocycles. The third-order valence-corrected chi connectivity index (χ3v) is 2.59. The van der Waals surface area contributed by atoms with Crippen molar-refractivity contribution in [1.82, 2.24) is 5.32 Å². The summed E-state index contributed by atoms with van der Waals surface area (Å²) in [4.78, 5) is 10.9. The summed E-state index contributed by atoms with van der Waals surface area (Å²) in [5.41, 5.74) is 3.89. The van der Waals surface area contributed by atoms with E-state index in [1.807, 2.05) is 0 Å². The summed E-state index contributed by atoms with van der Waals surface area (Å²) in [6.07, 6.45) is 2.05. The van der Waals surface area contributed by atoms with Gasteiger partial charge >= 0.3 is 0 Å². The topological polar surface area (TPSA) is 29.1 Å². The van der Waals surface area contributed by atoms with Crippen LogP contribution in [-0.4, -0.2) is 5.91 Å². The molecular formula is C13H19NO. The number of hydrogen-bond acceptors (Lipinski definition) is 1. The Labute approximate surface area is 91.7 Å². The number of benzene rings is 1. The number of aryl methyl sites for hydroxylation is 2. The maximum atomic E-state index is 10.9. The van der Waals surface area contributed by atoms with E-state index < -0.39 is 0 Å². The summed E-state index contributed by atoms with van der Waals surface area (Å²) in [5, 5.41) is 2.85. The summed E-state index contributed by atoms with van der Waals surface area (Å²) in [6, 6.07) is 6.51. The molecule has 2 heteroatoms. The van der Waals surface area contributed by atoms with Gasteiger partial charge in [0.25, 0.3) is 0 Å². The Morgan fingerprint density at radius 3 is 2.47 bits per heavy atom. The zero-order valence-corrected chi connectivity index (χ0v) is 9.76. The number of carbonyl (C=O) groups is 1. The monoisotopic (exact) mass is 205 g/mol. The number of nitrogens with one attached hydrogen (secondary N) is 1. The lowest BCUT2D eigenvalue weighted by Gasteiger charge is -2.10. The Morgan fingerprint density at radius 1 is 1.20 bits per heavy atom. The zero-order chi connectivity index (χ0) is 11.3. The van der Waals surface area contributed by atoms with Crippen molar-refractivity contribution in [2.75, 3.05) is 0 Å². The van der Waals surface area contributed by atoms with Crippen molar-refractivity contribution in [2.45, 2.75) is 40.2 Å². The minimum atomic E-state index is 0.0268. The first kappa shape index (κ1) is 11.8. The van der Waals surface area contributed by atoms with Crippen LogP contribution in [0.3, 0.4) is 0 Å². The van der Waals surface area contributed by atoms with E-state index >= 15 is 0 Å². The molecule has 1 aromatic carbocycles. The van der Waals surface area contributed by atoms with Crippen molar-refractivity contribution in [2.24, 2.45) is 0 Å². The fourth-order valence-corrected chi connectivity index (χ4v) is 1.63. The highest BCUT2D eigenvalue weighted by Gasteiger charge is 2.02. The van der Waals surface area contributed by atoms with Gasteiger partial charge in [-0.1, -0.05) is 32.0 Å². The molecule has 0 unspecified atom stereocenters. The van der Waals surface area contributed by atoms with Gasteiger partial charge in [-0.2, -0.15) is 0 Å². The van der Waals surface area contributed by atoms with E-state index in [4.69, 9.17) is 0 Å². The van der Waals surface area contributed by atoms with Crippen LogP contribution in [0.5, 0.6) is 0 Å². The lowest BCUT2D eigenvalue weighted by atomic mass is 10.0. The highest BCUT2D eigenvalue weighted by atomic mass is 16.1. The molecule has 1 aromatic rings. The second kappa shape index (κ2) is 5.54. The first-order valence-electron chi connectivity index (χ1n) is 5.52. The van der Waals surface area contributed by atoms with Gasteiger partial charge in [0.15, 0.2) is 0 Å². The van der Waals surface area contributed by atoms with Gasteiger partial charge in [0, 0.05) is 13.5 Å². The van der Waals surface area contributed by atoms with Crippen LogP contribution in [-0.2, 0) is 24.2 Å². The van der Waals surface area contributed by atoms with Crippen LogP contribution >= 0.6 is 0 Å². The number of rotatable bonds is 4. The summed E-state index contributed by atoms with van der Waals surface area (Å²) < 4.78 is 0. The molecular weight excluding hydrogens is 186 g/mol. The van der Waals surface area contributed by atoms with Crippen LogP contribution in [0.4, 0.5) is 0 Å². The van der Waals surface area contributed by atoms with Gasteiger partial charge in [-0.25, -0.2) is 0 Å². The highest BCUT2D eigenvalue weighted by Crippen LogP contribution is 2.13. The molecule has 1 amide bonds. The van der Waals surface area contributed by atoms with E-state index in [0.29, 0.717) is 6.54 Å². The molecule has 0 aliphatic rings. The number of hydrogen-bond donors (Lipinski definition) is 1. The van der Waals surface area contributed by atoms with Crippen molar-refractivity contribution < 1.29 is 4.79 Å². The summed E-state index contributed by atoms with van der Waals surface area (Å²) in [6.45, 7) is 6.48. The van der Waals surface area contributed by atoms with Crippen molar-refractivity contribution in [3.8, 4) is 0 Å². The van der Waals surface area contributed by atoms with Crippen LogP contribution in [0.2, 0.25) is 0 Å². The van der Waals surface area contributed by atoms with Crippen LogP contribution < -0.4 is 5.32 Å². The van der Waals surface area contributed by atoms with Crippen molar-refractivity contribution in [3.63, 3.8) is 0 Å². The van der Waals surface area contributed by atoms with Gasteiger partial charge in [0.1, 0.15) is 0 Å². The Morgan fingerprint density at radius 2 is 1.93 bits per heavy atom. The fourth-order valence-electron chi connectivity index (χ4n) is 1.63. The maximum absolute atomic E-state index is 10.9.